The lowest BCUT2D eigenvalue weighted by molar-refractivity contribution is -0.129. The second-order valence-electron chi connectivity index (χ2n) is 9.07. The van der Waals surface area contributed by atoms with E-state index in [1.165, 1.54) is 25.7 Å². The molecule has 0 spiro atoms. The molecule has 2 saturated carbocycles. The molecule has 162 valence electrons. The number of ether oxygens (including phenoxy) is 2. The summed E-state index contributed by atoms with van der Waals surface area (Å²) in [6.45, 7) is 3.81. The molecule has 7 heteroatoms. The van der Waals surface area contributed by atoms with Gasteiger partial charge in [-0.25, -0.2) is 0 Å². The van der Waals surface area contributed by atoms with Gasteiger partial charge in [0.25, 0.3) is 5.91 Å². The number of piperazine rings is 1. The highest BCUT2D eigenvalue weighted by atomic mass is 16.7. The summed E-state index contributed by atoms with van der Waals surface area (Å²) in [5.41, 5.74) is 0.627. The molecule has 2 aliphatic carbocycles. The molecular weight excluding hydrogens is 382 g/mol. The van der Waals surface area contributed by atoms with Crippen molar-refractivity contribution >= 4 is 11.8 Å². The third-order valence-corrected chi connectivity index (χ3v) is 6.99. The number of fused-ring (bicyclic) bond motifs is 1. The van der Waals surface area contributed by atoms with Crippen molar-refractivity contribution in [2.45, 2.75) is 44.6 Å². The Bertz CT molecular complexity index is 796. The molecule has 7 nitrogen and oxygen atoms in total. The molecule has 1 N–H and O–H groups in total. The van der Waals surface area contributed by atoms with E-state index >= 15 is 0 Å². The van der Waals surface area contributed by atoms with Crippen LogP contribution >= 0.6 is 0 Å². The largest absolute Gasteiger partial charge is 0.454 e. The monoisotopic (exact) mass is 413 g/mol. The highest BCUT2D eigenvalue weighted by molar-refractivity contribution is 5.95. The Morgan fingerprint density at radius 1 is 1.00 bits per heavy atom. The summed E-state index contributed by atoms with van der Waals surface area (Å²) < 4.78 is 10.7. The van der Waals surface area contributed by atoms with E-state index in [4.69, 9.17) is 9.47 Å². The summed E-state index contributed by atoms with van der Waals surface area (Å²) in [4.78, 5) is 30.2. The summed E-state index contributed by atoms with van der Waals surface area (Å²) in [7, 11) is 0. The number of carbonyl (C=O) groups excluding carboxylic acids is 2. The predicted octanol–water partition coefficient (Wildman–Crippen LogP) is 2.26. The van der Waals surface area contributed by atoms with Crippen LogP contribution in [0.25, 0.3) is 0 Å². The molecule has 5 rings (SSSR count). The third-order valence-electron chi connectivity index (χ3n) is 6.99. The van der Waals surface area contributed by atoms with Gasteiger partial charge in [0.05, 0.1) is 6.04 Å². The zero-order valence-corrected chi connectivity index (χ0v) is 17.5. The average Bonchev–Trinajstić information content (AvgIpc) is 3.23. The van der Waals surface area contributed by atoms with Crippen molar-refractivity contribution in [2.24, 2.45) is 11.8 Å². The van der Waals surface area contributed by atoms with Gasteiger partial charge in [-0.05, 0) is 55.7 Å². The fourth-order valence-corrected chi connectivity index (χ4v) is 5.04. The lowest BCUT2D eigenvalue weighted by Crippen LogP contribution is -2.58. The van der Waals surface area contributed by atoms with E-state index in [9.17, 15) is 9.59 Å². The molecule has 3 fully saturated rings. The molecule has 0 bridgehead atoms. The van der Waals surface area contributed by atoms with Gasteiger partial charge in [-0.2, -0.15) is 0 Å². The highest BCUT2D eigenvalue weighted by Gasteiger charge is 2.38. The first-order chi connectivity index (χ1) is 14.7. The SMILES string of the molecule is O=C(NCC1CC1)[C@H](C1CCCC1)N1CCN(C(=O)c2ccc3c(c2)OCO3)CC1. The van der Waals surface area contributed by atoms with E-state index in [1.807, 2.05) is 4.90 Å². The van der Waals surface area contributed by atoms with Crippen molar-refractivity contribution in [3.05, 3.63) is 23.8 Å². The van der Waals surface area contributed by atoms with Crippen LogP contribution in [-0.4, -0.2) is 67.2 Å². The van der Waals surface area contributed by atoms with E-state index in [0.717, 1.165) is 32.5 Å². The van der Waals surface area contributed by atoms with Gasteiger partial charge in [-0.3, -0.25) is 14.5 Å². The number of amides is 2. The first kappa shape index (κ1) is 19.7. The number of hydrogen-bond donors (Lipinski definition) is 1. The van der Waals surface area contributed by atoms with Gasteiger partial charge in [0, 0.05) is 38.3 Å². The zero-order valence-electron chi connectivity index (χ0n) is 17.5. The standard InChI is InChI=1S/C23H31N3O4/c27-22(24-14-16-5-6-16)21(17-3-1-2-4-17)25-9-11-26(12-10-25)23(28)18-7-8-19-20(13-18)30-15-29-19/h7-8,13,16-17,21H,1-6,9-12,14-15H2,(H,24,27)/t21-/m0/s1. The van der Waals surface area contributed by atoms with E-state index in [-0.39, 0.29) is 24.6 Å². The Hall–Kier alpha value is -2.28. The normalized spacial score (nSPS) is 22.9. The molecule has 1 saturated heterocycles. The predicted molar refractivity (Wildman–Crippen MR) is 112 cm³/mol. The first-order valence-electron chi connectivity index (χ1n) is 11.4. The Kier molecular flexibility index (Phi) is 5.54. The molecule has 0 radical (unpaired) electrons. The van der Waals surface area contributed by atoms with Gasteiger partial charge in [-0.1, -0.05) is 12.8 Å². The maximum Gasteiger partial charge on any atom is 0.254 e. The fraction of sp³-hybridized carbons (Fsp3) is 0.652. The van der Waals surface area contributed by atoms with Gasteiger partial charge in [0.15, 0.2) is 11.5 Å². The Labute approximate surface area is 177 Å². The van der Waals surface area contributed by atoms with Crippen LogP contribution < -0.4 is 14.8 Å². The molecule has 1 aromatic rings. The molecule has 1 aromatic carbocycles. The van der Waals surface area contributed by atoms with E-state index < -0.39 is 0 Å². The van der Waals surface area contributed by atoms with Crippen molar-refractivity contribution < 1.29 is 19.1 Å². The zero-order chi connectivity index (χ0) is 20.5. The quantitative estimate of drug-likeness (QED) is 0.775. The number of nitrogens with zero attached hydrogens (tertiary/aromatic N) is 2. The second kappa shape index (κ2) is 8.46. The second-order valence-corrected chi connectivity index (χ2v) is 9.07. The average molecular weight is 414 g/mol. The minimum Gasteiger partial charge on any atom is -0.454 e. The minimum absolute atomic E-state index is 0.0172. The number of carbonyl (C=O) groups is 2. The van der Waals surface area contributed by atoms with Crippen molar-refractivity contribution in [3.8, 4) is 11.5 Å². The fourth-order valence-electron chi connectivity index (χ4n) is 5.04. The van der Waals surface area contributed by atoms with Crippen LogP contribution in [0.1, 0.15) is 48.9 Å². The summed E-state index contributed by atoms with van der Waals surface area (Å²) >= 11 is 0. The van der Waals surface area contributed by atoms with Gasteiger partial charge < -0.3 is 19.7 Å². The van der Waals surface area contributed by atoms with Crippen molar-refractivity contribution in [1.29, 1.82) is 0 Å². The smallest absolute Gasteiger partial charge is 0.254 e. The van der Waals surface area contributed by atoms with Crippen molar-refractivity contribution in [3.63, 3.8) is 0 Å². The lowest BCUT2D eigenvalue weighted by Gasteiger charge is -2.40. The van der Waals surface area contributed by atoms with E-state index in [1.54, 1.807) is 18.2 Å². The highest BCUT2D eigenvalue weighted by Crippen LogP contribution is 2.34. The van der Waals surface area contributed by atoms with Gasteiger partial charge in [-0.15, -0.1) is 0 Å². The summed E-state index contributed by atoms with van der Waals surface area (Å²) in [5, 5.41) is 3.22. The van der Waals surface area contributed by atoms with Crippen LogP contribution in [0.2, 0.25) is 0 Å². The first-order valence-corrected chi connectivity index (χ1v) is 11.4. The Balaban J connectivity index is 1.21. The number of benzene rings is 1. The van der Waals surface area contributed by atoms with Crippen LogP contribution in [0.15, 0.2) is 18.2 Å². The number of hydrogen-bond acceptors (Lipinski definition) is 5. The molecule has 30 heavy (non-hydrogen) atoms. The minimum atomic E-state index is -0.0472. The molecule has 2 heterocycles. The van der Waals surface area contributed by atoms with Gasteiger partial charge in [0.1, 0.15) is 0 Å². The van der Waals surface area contributed by atoms with Gasteiger partial charge in [0.2, 0.25) is 12.7 Å². The number of rotatable bonds is 6. The summed E-state index contributed by atoms with van der Waals surface area (Å²) in [5.74, 6) is 2.67. The molecule has 1 atom stereocenters. The molecule has 0 aromatic heterocycles. The molecule has 2 amide bonds. The van der Waals surface area contributed by atoms with Crippen molar-refractivity contribution in [2.75, 3.05) is 39.5 Å². The van der Waals surface area contributed by atoms with Crippen LogP contribution in [0, 0.1) is 11.8 Å². The summed E-state index contributed by atoms with van der Waals surface area (Å²) in [6.07, 6.45) is 7.21. The maximum atomic E-state index is 13.0. The van der Waals surface area contributed by atoms with Crippen LogP contribution in [0.5, 0.6) is 11.5 Å². The topological polar surface area (TPSA) is 71.1 Å². The molecular formula is C23H31N3O4. The van der Waals surface area contributed by atoms with E-state index in [0.29, 0.717) is 42.0 Å². The molecule has 4 aliphatic rings. The lowest BCUT2D eigenvalue weighted by atomic mass is 9.95. The Morgan fingerprint density at radius 3 is 2.47 bits per heavy atom. The van der Waals surface area contributed by atoms with Crippen LogP contribution in [0.4, 0.5) is 0 Å². The third kappa shape index (κ3) is 4.13. The van der Waals surface area contributed by atoms with Crippen LogP contribution in [-0.2, 0) is 4.79 Å². The molecule has 2 aliphatic heterocycles. The van der Waals surface area contributed by atoms with E-state index in [2.05, 4.69) is 10.2 Å². The van der Waals surface area contributed by atoms with Crippen LogP contribution in [0.3, 0.4) is 0 Å². The Morgan fingerprint density at radius 2 is 1.73 bits per heavy atom. The summed E-state index contributed by atoms with van der Waals surface area (Å²) in [6, 6.07) is 5.32. The van der Waals surface area contributed by atoms with Crippen molar-refractivity contribution in [1.82, 2.24) is 15.1 Å². The number of nitrogens with one attached hydrogen (secondary N) is 1. The maximum absolute atomic E-state index is 13.0. The van der Waals surface area contributed by atoms with Gasteiger partial charge >= 0.3 is 0 Å². The molecule has 0 unspecified atom stereocenters.